The Morgan fingerprint density at radius 3 is 2.59 bits per heavy atom. The third-order valence-corrected chi connectivity index (χ3v) is 2.26. The van der Waals surface area contributed by atoms with Crippen LogP contribution in [0.2, 0.25) is 0 Å². The summed E-state index contributed by atoms with van der Waals surface area (Å²) in [5.74, 6) is 1.29. The van der Waals surface area contributed by atoms with Gasteiger partial charge in [-0.2, -0.15) is 0 Å². The monoisotopic (exact) mass is 229 g/mol. The van der Waals surface area contributed by atoms with Crippen LogP contribution < -0.4 is 10.1 Å². The van der Waals surface area contributed by atoms with Gasteiger partial charge in [-0.3, -0.25) is 4.98 Å². The van der Waals surface area contributed by atoms with Crippen LogP contribution in [0.1, 0.15) is 11.3 Å². The maximum atomic E-state index is 5.60. The summed E-state index contributed by atoms with van der Waals surface area (Å²) in [6.45, 7) is 2.74. The third kappa shape index (κ3) is 3.26. The summed E-state index contributed by atoms with van der Waals surface area (Å²) >= 11 is 0. The molecule has 2 aromatic rings. The Bertz CT molecular complexity index is 482. The van der Waals surface area contributed by atoms with Crippen molar-refractivity contribution < 1.29 is 4.74 Å². The fraction of sp³-hybridized carbons (Fsp3) is 0.231. The number of nitrogens with zero attached hydrogens (tertiary/aromatic N) is 2. The lowest BCUT2D eigenvalue weighted by molar-refractivity contribution is 0.458. The second-order valence-electron chi connectivity index (χ2n) is 3.78. The zero-order chi connectivity index (χ0) is 12.1. The van der Waals surface area contributed by atoms with E-state index in [0.29, 0.717) is 5.88 Å². The molecule has 0 unspecified atom stereocenters. The molecule has 0 atom stereocenters. The van der Waals surface area contributed by atoms with Crippen molar-refractivity contribution in [3.8, 4) is 11.6 Å². The van der Waals surface area contributed by atoms with Crippen molar-refractivity contribution in [2.45, 2.75) is 13.5 Å². The Hall–Kier alpha value is -1.94. The van der Waals surface area contributed by atoms with Gasteiger partial charge in [0.15, 0.2) is 0 Å². The van der Waals surface area contributed by atoms with Crippen molar-refractivity contribution in [3.63, 3.8) is 0 Å². The average Bonchev–Trinajstić information content (AvgIpc) is 2.32. The van der Waals surface area contributed by atoms with E-state index in [1.54, 1.807) is 12.4 Å². The van der Waals surface area contributed by atoms with E-state index in [9.17, 15) is 0 Å². The van der Waals surface area contributed by atoms with E-state index in [2.05, 4.69) is 15.3 Å². The summed E-state index contributed by atoms with van der Waals surface area (Å²) in [5.41, 5.74) is 2.06. The van der Waals surface area contributed by atoms with Gasteiger partial charge in [0.1, 0.15) is 5.75 Å². The molecule has 0 amide bonds. The van der Waals surface area contributed by atoms with Gasteiger partial charge in [-0.15, -0.1) is 0 Å². The molecule has 0 aliphatic rings. The molecule has 2 rings (SSSR count). The highest BCUT2D eigenvalue weighted by Crippen LogP contribution is 2.19. The van der Waals surface area contributed by atoms with E-state index in [-0.39, 0.29) is 0 Å². The molecule has 0 saturated carbocycles. The van der Waals surface area contributed by atoms with Crippen LogP contribution in [-0.2, 0) is 6.54 Å². The van der Waals surface area contributed by atoms with Gasteiger partial charge < -0.3 is 10.1 Å². The number of benzene rings is 1. The van der Waals surface area contributed by atoms with Crippen LogP contribution in [-0.4, -0.2) is 17.0 Å². The van der Waals surface area contributed by atoms with Crippen molar-refractivity contribution in [3.05, 3.63) is 47.9 Å². The van der Waals surface area contributed by atoms with E-state index < -0.39 is 0 Å². The molecule has 17 heavy (non-hydrogen) atoms. The number of nitrogens with one attached hydrogen (secondary N) is 1. The van der Waals surface area contributed by atoms with Crippen LogP contribution in [0.5, 0.6) is 11.6 Å². The molecule has 0 aliphatic carbocycles. The molecular weight excluding hydrogens is 214 g/mol. The van der Waals surface area contributed by atoms with Crippen LogP contribution in [0.25, 0.3) is 0 Å². The first-order valence-electron chi connectivity index (χ1n) is 5.48. The quantitative estimate of drug-likeness (QED) is 0.873. The Balaban J connectivity index is 2.08. The van der Waals surface area contributed by atoms with Crippen LogP contribution in [0.3, 0.4) is 0 Å². The minimum Gasteiger partial charge on any atom is -0.437 e. The van der Waals surface area contributed by atoms with Crippen LogP contribution in [0.4, 0.5) is 0 Å². The van der Waals surface area contributed by atoms with E-state index in [4.69, 9.17) is 4.74 Å². The second-order valence-corrected chi connectivity index (χ2v) is 3.78. The summed E-state index contributed by atoms with van der Waals surface area (Å²) in [6.07, 6.45) is 3.30. The van der Waals surface area contributed by atoms with Gasteiger partial charge >= 0.3 is 0 Å². The SMILES string of the molecule is CNCc1ccc(Oc2cncc(C)n2)cc1. The predicted molar refractivity (Wildman–Crippen MR) is 66.0 cm³/mol. The van der Waals surface area contributed by atoms with Gasteiger partial charge in [0.25, 0.3) is 0 Å². The van der Waals surface area contributed by atoms with Crippen molar-refractivity contribution in [2.24, 2.45) is 0 Å². The molecular formula is C13H15N3O. The van der Waals surface area contributed by atoms with E-state index >= 15 is 0 Å². The summed E-state index contributed by atoms with van der Waals surface area (Å²) in [4.78, 5) is 8.26. The molecule has 1 aromatic carbocycles. The number of hydrogen-bond acceptors (Lipinski definition) is 4. The Labute approximate surface area is 101 Å². The normalized spacial score (nSPS) is 10.2. The summed E-state index contributed by atoms with van der Waals surface area (Å²) in [5, 5.41) is 3.10. The Morgan fingerprint density at radius 2 is 1.94 bits per heavy atom. The number of aryl methyl sites for hydroxylation is 1. The molecule has 0 aliphatic heterocycles. The molecule has 0 bridgehead atoms. The molecule has 0 spiro atoms. The molecule has 1 heterocycles. The smallest absolute Gasteiger partial charge is 0.238 e. The van der Waals surface area contributed by atoms with Crippen LogP contribution in [0, 0.1) is 6.92 Å². The van der Waals surface area contributed by atoms with Gasteiger partial charge in [-0.1, -0.05) is 12.1 Å². The zero-order valence-corrected chi connectivity index (χ0v) is 9.97. The van der Waals surface area contributed by atoms with E-state index in [1.807, 2.05) is 38.2 Å². The largest absolute Gasteiger partial charge is 0.437 e. The first-order valence-corrected chi connectivity index (χ1v) is 5.48. The summed E-state index contributed by atoms with van der Waals surface area (Å²) in [7, 11) is 1.92. The van der Waals surface area contributed by atoms with Crippen LogP contribution >= 0.6 is 0 Å². The lowest BCUT2D eigenvalue weighted by atomic mass is 10.2. The van der Waals surface area contributed by atoms with Gasteiger partial charge in [-0.05, 0) is 31.7 Å². The van der Waals surface area contributed by atoms with Gasteiger partial charge in [-0.25, -0.2) is 4.98 Å². The molecule has 4 nitrogen and oxygen atoms in total. The van der Waals surface area contributed by atoms with Gasteiger partial charge in [0.2, 0.25) is 5.88 Å². The Morgan fingerprint density at radius 1 is 1.18 bits per heavy atom. The highest BCUT2D eigenvalue weighted by atomic mass is 16.5. The predicted octanol–water partition coefficient (Wildman–Crippen LogP) is 2.30. The molecule has 4 heteroatoms. The van der Waals surface area contributed by atoms with Gasteiger partial charge in [0.05, 0.1) is 11.9 Å². The number of hydrogen-bond donors (Lipinski definition) is 1. The molecule has 0 saturated heterocycles. The number of aromatic nitrogens is 2. The molecule has 1 aromatic heterocycles. The minimum absolute atomic E-state index is 0.520. The fourth-order valence-electron chi connectivity index (χ4n) is 1.49. The summed E-state index contributed by atoms with van der Waals surface area (Å²) in [6, 6.07) is 7.90. The van der Waals surface area contributed by atoms with Gasteiger partial charge in [0, 0.05) is 12.7 Å². The molecule has 0 radical (unpaired) electrons. The minimum atomic E-state index is 0.520. The van der Waals surface area contributed by atoms with Crippen molar-refractivity contribution >= 4 is 0 Å². The lowest BCUT2D eigenvalue weighted by Crippen LogP contribution is -2.04. The topological polar surface area (TPSA) is 47.0 Å². The maximum absolute atomic E-state index is 5.60. The van der Waals surface area contributed by atoms with Crippen molar-refractivity contribution in [2.75, 3.05) is 7.05 Å². The lowest BCUT2D eigenvalue weighted by Gasteiger charge is -2.05. The second kappa shape index (κ2) is 5.41. The molecule has 0 fully saturated rings. The average molecular weight is 229 g/mol. The molecule has 1 N–H and O–H groups in total. The van der Waals surface area contributed by atoms with Crippen LogP contribution in [0.15, 0.2) is 36.7 Å². The standard InChI is InChI=1S/C13H15N3O/c1-10-7-15-9-13(16-10)17-12-5-3-11(4-6-12)8-14-2/h3-7,9,14H,8H2,1-2H3. The number of rotatable bonds is 4. The van der Waals surface area contributed by atoms with Crippen molar-refractivity contribution in [1.29, 1.82) is 0 Å². The first-order chi connectivity index (χ1) is 8.28. The van der Waals surface area contributed by atoms with E-state index in [0.717, 1.165) is 18.0 Å². The maximum Gasteiger partial charge on any atom is 0.238 e. The molecule has 88 valence electrons. The first kappa shape index (κ1) is 11.5. The fourth-order valence-corrected chi connectivity index (χ4v) is 1.49. The van der Waals surface area contributed by atoms with Crippen molar-refractivity contribution in [1.82, 2.24) is 15.3 Å². The highest BCUT2D eigenvalue weighted by molar-refractivity contribution is 5.30. The Kier molecular flexibility index (Phi) is 3.67. The van der Waals surface area contributed by atoms with E-state index in [1.165, 1.54) is 5.56 Å². The summed E-state index contributed by atoms with van der Waals surface area (Å²) < 4.78 is 5.60. The highest BCUT2D eigenvalue weighted by Gasteiger charge is 1.99. The zero-order valence-electron chi connectivity index (χ0n) is 9.97. The third-order valence-electron chi connectivity index (χ3n) is 2.26. The number of ether oxygens (including phenoxy) is 1.